The SMILES string of the molecule is CCOC(=O)c1c(-c2ccc(-c3sccc3C#N)cc2)c(C#N)c(CC)n1C. The van der Waals surface area contributed by atoms with E-state index in [4.69, 9.17) is 4.74 Å². The number of rotatable bonds is 5. The summed E-state index contributed by atoms with van der Waals surface area (Å²) in [7, 11) is 1.79. The van der Waals surface area contributed by atoms with E-state index in [2.05, 4.69) is 12.1 Å². The van der Waals surface area contributed by atoms with Crippen LogP contribution in [0.25, 0.3) is 21.6 Å². The van der Waals surface area contributed by atoms with Crippen molar-refractivity contribution in [2.24, 2.45) is 7.05 Å². The van der Waals surface area contributed by atoms with Crippen LogP contribution in [0, 0.1) is 22.7 Å². The van der Waals surface area contributed by atoms with Gasteiger partial charge in [0.15, 0.2) is 0 Å². The van der Waals surface area contributed by atoms with Gasteiger partial charge in [0.1, 0.15) is 17.8 Å². The molecular weight excluding hydrogens is 370 g/mol. The van der Waals surface area contributed by atoms with Gasteiger partial charge in [0.25, 0.3) is 0 Å². The standard InChI is InChI=1S/C22H19N3O2S/c1-4-18-17(13-24)19(20(25(18)3)22(26)27-5-2)14-6-8-15(9-7-14)21-16(12-23)10-11-28-21/h6-11H,4-5H2,1-3H3. The fourth-order valence-electron chi connectivity index (χ4n) is 3.40. The molecule has 0 fully saturated rings. The molecule has 0 unspecified atom stereocenters. The van der Waals surface area contributed by atoms with Gasteiger partial charge in [-0.1, -0.05) is 31.2 Å². The summed E-state index contributed by atoms with van der Waals surface area (Å²) in [5, 5.41) is 20.9. The van der Waals surface area contributed by atoms with E-state index in [1.54, 1.807) is 24.6 Å². The van der Waals surface area contributed by atoms with Gasteiger partial charge in [-0.05, 0) is 35.9 Å². The summed E-state index contributed by atoms with van der Waals surface area (Å²) in [6, 6.07) is 13.9. The Morgan fingerprint density at radius 3 is 2.36 bits per heavy atom. The van der Waals surface area contributed by atoms with Gasteiger partial charge < -0.3 is 9.30 Å². The molecule has 0 bridgehead atoms. The second-order valence-corrected chi connectivity index (χ2v) is 7.06. The summed E-state index contributed by atoms with van der Waals surface area (Å²) in [4.78, 5) is 13.5. The number of hydrogen-bond acceptors (Lipinski definition) is 5. The zero-order valence-corrected chi connectivity index (χ0v) is 16.8. The van der Waals surface area contributed by atoms with Gasteiger partial charge in [-0.25, -0.2) is 4.79 Å². The molecule has 1 aromatic carbocycles. The summed E-state index contributed by atoms with van der Waals surface area (Å²) >= 11 is 1.51. The van der Waals surface area contributed by atoms with Crippen LogP contribution in [0.1, 0.15) is 41.2 Å². The van der Waals surface area contributed by atoms with E-state index in [1.807, 2.05) is 36.6 Å². The van der Waals surface area contributed by atoms with Gasteiger partial charge in [0.05, 0.1) is 22.6 Å². The molecule has 0 atom stereocenters. The molecule has 0 amide bonds. The fourth-order valence-corrected chi connectivity index (χ4v) is 4.25. The number of ether oxygens (including phenoxy) is 1. The molecule has 0 saturated carbocycles. The summed E-state index contributed by atoms with van der Waals surface area (Å²) in [5.41, 5.74) is 4.61. The quantitative estimate of drug-likeness (QED) is 0.581. The Morgan fingerprint density at radius 1 is 1.11 bits per heavy atom. The molecule has 3 aromatic rings. The van der Waals surface area contributed by atoms with Crippen LogP contribution in [0.15, 0.2) is 35.7 Å². The highest BCUT2D eigenvalue weighted by atomic mass is 32.1. The molecule has 0 aliphatic rings. The zero-order chi connectivity index (χ0) is 20.3. The van der Waals surface area contributed by atoms with E-state index in [9.17, 15) is 15.3 Å². The zero-order valence-electron chi connectivity index (χ0n) is 15.9. The predicted octanol–water partition coefficient (Wildman–Crippen LogP) is 4.90. The lowest BCUT2D eigenvalue weighted by Crippen LogP contribution is -2.12. The molecule has 3 rings (SSSR count). The molecule has 0 aliphatic carbocycles. The maximum absolute atomic E-state index is 12.6. The Bertz CT molecular complexity index is 1110. The monoisotopic (exact) mass is 389 g/mol. The van der Waals surface area contributed by atoms with E-state index >= 15 is 0 Å². The van der Waals surface area contributed by atoms with Crippen LogP contribution in [0.4, 0.5) is 0 Å². The number of carbonyl (C=O) groups is 1. The number of aromatic nitrogens is 1. The van der Waals surface area contributed by atoms with Gasteiger partial charge in [-0.2, -0.15) is 10.5 Å². The van der Waals surface area contributed by atoms with Gasteiger partial charge in [-0.3, -0.25) is 0 Å². The van der Waals surface area contributed by atoms with Crippen molar-refractivity contribution in [3.05, 3.63) is 58.2 Å². The number of nitriles is 2. The molecular formula is C22H19N3O2S. The molecule has 0 aliphatic heterocycles. The minimum Gasteiger partial charge on any atom is -0.461 e. The van der Waals surface area contributed by atoms with Crippen molar-refractivity contribution in [2.75, 3.05) is 6.61 Å². The van der Waals surface area contributed by atoms with E-state index in [1.165, 1.54) is 11.3 Å². The maximum atomic E-state index is 12.6. The Hall–Kier alpha value is -3.35. The Kier molecular flexibility index (Phi) is 5.63. The van der Waals surface area contributed by atoms with Crippen LogP contribution >= 0.6 is 11.3 Å². The number of thiophene rings is 1. The first kappa shape index (κ1) is 19.4. The molecule has 6 heteroatoms. The first-order chi connectivity index (χ1) is 13.6. The van der Waals surface area contributed by atoms with Crippen molar-refractivity contribution in [1.29, 1.82) is 10.5 Å². The summed E-state index contributed by atoms with van der Waals surface area (Å²) in [5.74, 6) is -0.440. The molecule has 0 saturated heterocycles. The average molecular weight is 389 g/mol. The number of benzene rings is 1. The summed E-state index contributed by atoms with van der Waals surface area (Å²) in [6.07, 6.45) is 0.630. The minimum atomic E-state index is -0.440. The van der Waals surface area contributed by atoms with Crippen LogP contribution in [0.5, 0.6) is 0 Å². The molecule has 2 heterocycles. The third kappa shape index (κ3) is 3.19. The normalized spacial score (nSPS) is 10.3. The Morgan fingerprint density at radius 2 is 1.79 bits per heavy atom. The average Bonchev–Trinajstić information content (AvgIpc) is 3.29. The second-order valence-electron chi connectivity index (χ2n) is 6.14. The van der Waals surface area contributed by atoms with Gasteiger partial charge in [-0.15, -0.1) is 11.3 Å². The fraction of sp³-hybridized carbons (Fsp3) is 0.227. The topological polar surface area (TPSA) is 78.8 Å². The summed E-state index contributed by atoms with van der Waals surface area (Å²) < 4.78 is 6.99. The highest BCUT2D eigenvalue weighted by Crippen LogP contribution is 2.35. The number of nitrogens with zero attached hydrogens (tertiary/aromatic N) is 3. The van der Waals surface area contributed by atoms with E-state index in [0.29, 0.717) is 28.8 Å². The predicted molar refractivity (Wildman–Crippen MR) is 109 cm³/mol. The molecule has 0 N–H and O–H groups in total. The first-order valence-corrected chi connectivity index (χ1v) is 9.82. The number of esters is 1. The Balaban J connectivity index is 2.17. The lowest BCUT2D eigenvalue weighted by atomic mass is 9.98. The Labute approximate surface area is 168 Å². The first-order valence-electron chi connectivity index (χ1n) is 8.94. The van der Waals surface area contributed by atoms with E-state index in [0.717, 1.165) is 21.7 Å². The highest BCUT2D eigenvalue weighted by Gasteiger charge is 2.26. The maximum Gasteiger partial charge on any atom is 0.355 e. The lowest BCUT2D eigenvalue weighted by Gasteiger charge is -2.08. The lowest BCUT2D eigenvalue weighted by molar-refractivity contribution is 0.0516. The largest absolute Gasteiger partial charge is 0.461 e. The third-order valence-corrected chi connectivity index (χ3v) is 5.62. The van der Waals surface area contributed by atoms with Crippen molar-refractivity contribution in [3.8, 4) is 33.7 Å². The van der Waals surface area contributed by atoms with Gasteiger partial charge in [0.2, 0.25) is 0 Å². The van der Waals surface area contributed by atoms with Crippen molar-refractivity contribution in [1.82, 2.24) is 4.57 Å². The van der Waals surface area contributed by atoms with Crippen LogP contribution < -0.4 is 0 Å². The molecule has 5 nitrogen and oxygen atoms in total. The van der Waals surface area contributed by atoms with Crippen molar-refractivity contribution in [2.45, 2.75) is 20.3 Å². The van der Waals surface area contributed by atoms with Crippen molar-refractivity contribution in [3.63, 3.8) is 0 Å². The number of carbonyl (C=O) groups excluding carboxylic acids is 1. The smallest absolute Gasteiger partial charge is 0.355 e. The van der Waals surface area contributed by atoms with E-state index in [-0.39, 0.29) is 6.61 Å². The highest BCUT2D eigenvalue weighted by molar-refractivity contribution is 7.13. The molecule has 2 aromatic heterocycles. The second kappa shape index (κ2) is 8.12. The van der Waals surface area contributed by atoms with Crippen LogP contribution in [-0.2, 0) is 18.2 Å². The van der Waals surface area contributed by atoms with Crippen molar-refractivity contribution >= 4 is 17.3 Å². The molecule has 28 heavy (non-hydrogen) atoms. The van der Waals surface area contributed by atoms with Crippen LogP contribution in [0.3, 0.4) is 0 Å². The molecule has 140 valence electrons. The minimum absolute atomic E-state index is 0.265. The van der Waals surface area contributed by atoms with Crippen LogP contribution in [-0.4, -0.2) is 17.1 Å². The van der Waals surface area contributed by atoms with Gasteiger partial charge in [0, 0.05) is 18.3 Å². The van der Waals surface area contributed by atoms with Crippen LogP contribution in [0.2, 0.25) is 0 Å². The van der Waals surface area contributed by atoms with Crippen molar-refractivity contribution < 1.29 is 9.53 Å². The van der Waals surface area contributed by atoms with Gasteiger partial charge >= 0.3 is 5.97 Å². The van der Waals surface area contributed by atoms with E-state index < -0.39 is 5.97 Å². The number of hydrogen-bond donors (Lipinski definition) is 0. The summed E-state index contributed by atoms with van der Waals surface area (Å²) in [6.45, 7) is 3.98. The molecule has 0 spiro atoms. The third-order valence-electron chi connectivity index (χ3n) is 4.65. The molecule has 0 radical (unpaired) electrons.